The third kappa shape index (κ3) is 14.7. The van der Waals surface area contributed by atoms with Crippen LogP contribution in [0.2, 0.25) is 0 Å². The van der Waals surface area contributed by atoms with Gasteiger partial charge in [0, 0.05) is 20.3 Å². The first kappa shape index (κ1) is 31.9. The first-order chi connectivity index (χ1) is 14.6. The number of hydrogen-bond donors (Lipinski definition) is 2. The molecule has 32 heavy (non-hydrogen) atoms. The molecule has 0 heterocycles. The van der Waals surface area contributed by atoms with Gasteiger partial charge in [0.05, 0.1) is 0 Å². The predicted molar refractivity (Wildman–Crippen MR) is 124 cm³/mol. The van der Waals surface area contributed by atoms with Crippen LogP contribution in [0.4, 0.5) is 0 Å². The Labute approximate surface area is 192 Å². The van der Waals surface area contributed by atoms with Crippen molar-refractivity contribution in [2.45, 2.75) is 90.6 Å². The molecule has 0 radical (unpaired) electrons. The topological polar surface area (TPSA) is 112 Å². The molecule has 0 spiro atoms. The summed E-state index contributed by atoms with van der Waals surface area (Å²) in [6, 6.07) is 0. The summed E-state index contributed by atoms with van der Waals surface area (Å²) in [6.07, 6.45) is 7.65. The molecule has 0 aliphatic carbocycles. The number of carbonyl (C=O) groups excluding carboxylic acids is 2. The second kappa shape index (κ2) is 14.7. The normalized spacial score (nSPS) is 15.9. The van der Waals surface area contributed by atoms with Gasteiger partial charge in [-0.2, -0.15) is 0 Å². The van der Waals surface area contributed by atoms with E-state index in [1.165, 1.54) is 13.8 Å². The monoisotopic (exact) mass is 456 g/mol. The van der Waals surface area contributed by atoms with Gasteiger partial charge in [0.2, 0.25) is 0 Å². The molecular weight excluding hydrogens is 416 g/mol. The molecule has 0 rings (SSSR count). The van der Waals surface area contributed by atoms with E-state index in [1.807, 2.05) is 0 Å². The van der Waals surface area contributed by atoms with Crippen LogP contribution in [0.5, 0.6) is 0 Å². The standard InChI is InChI=1S/2C12H20O4/c1-6-12(5,15-10(2)13)9-7-8-11(3,4)16-14;1-6-12(5,15-10(4)13)8-7-11(16-14)9(2)3/h6-8,14H,1,9H2,2-5H3;6,11,14H,1-2,7-8H2,3-5H3/b8-7+;. The van der Waals surface area contributed by atoms with Crippen LogP contribution >= 0.6 is 0 Å². The highest BCUT2D eigenvalue weighted by atomic mass is 17.1. The predicted octanol–water partition coefficient (Wildman–Crippen LogP) is 5.42. The minimum absolute atomic E-state index is 0.353. The maximum absolute atomic E-state index is 10.9. The summed E-state index contributed by atoms with van der Waals surface area (Å²) in [6.45, 7) is 22.4. The van der Waals surface area contributed by atoms with Crippen molar-refractivity contribution >= 4 is 11.9 Å². The molecule has 0 aliphatic heterocycles. The Morgan fingerprint density at radius 2 is 1.41 bits per heavy atom. The van der Waals surface area contributed by atoms with Crippen molar-refractivity contribution in [3.05, 3.63) is 49.6 Å². The molecule has 3 atom stereocenters. The van der Waals surface area contributed by atoms with Crippen molar-refractivity contribution in [3.63, 3.8) is 0 Å². The lowest BCUT2D eigenvalue weighted by molar-refractivity contribution is -0.297. The van der Waals surface area contributed by atoms with Crippen molar-refractivity contribution in [1.29, 1.82) is 0 Å². The van der Waals surface area contributed by atoms with Gasteiger partial charge in [-0.1, -0.05) is 31.9 Å². The lowest BCUT2D eigenvalue weighted by atomic mass is 9.96. The van der Waals surface area contributed by atoms with Crippen LogP contribution in [-0.4, -0.2) is 45.4 Å². The zero-order valence-corrected chi connectivity index (χ0v) is 20.5. The summed E-state index contributed by atoms with van der Waals surface area (Å²) in [5, 5.41) is 17.2. The van der Waals surface area contributed by atoms with Crippen molar-refractivity contribution in [1.82, 2.24) is 0 Å². The van der Waals surface area contributed by atoms with Gasteiger partial charge in [-0.25, -0.2) is 9.78 Å². The highest BCUT2D eigenvalue weighted by molar-refractivity contribution is 5.67. The molecule has 0 saturated heterocycles. The Bertz CT molecular complexity index is 667. The van der Waals surface area contributed by atoms with E-state index >= 15 is 0 Å². The van der Waals surface area contributed by atoms with Crippen molar-refractivity contribution < 1.29 is 39.4 Å². The summed E-state index contributed by atoms with van der Waals surface area (Å²) >= 11 is 0. The van der Waals surface area contributed by atoms with Gasteiger partial charge in [0.15, 0.2) is 0 Å². The van der Waals surface area contributed by atoms with Gasteiger partial charge in [-0.05, 0) is 65.2 Å². The first-order valence-corrected chi connectivity index (χ1v) is 10.2. The van der Waals surface area contributed by atoms with E-state index in [1.54, 1.807) is 58.9 Å². The van der Waals surface area contributed by atoms with E-state index in [9.17, 15) is 9.59 Å². The highest BCUT2D eigenvalue weighted by Crippen LogP contribution is 2.23. The Hall–Kier alpha value is -2.26. The maximum atomic E-state index is 10.9. The summed E-state index contributed by atoms with van der Waals surface area (Å²) in [5.41, 5.74) is -1.50. The Balaban J connectivity index is 0. The van der Waals surface area contributed by atoms with Gasteiger partial charge in [-0.3, -0.25) is 20.1 Å². The maximum Gasteiger partial charge on any atom is 0.303 e. The average molecular weight is 457 g/mol. The van der Waals surface area contributed by atoms with Gasteiger partial charge in [-0.15, -0.1) is 0 Å². The minimum Gasteiger partial charge on any atom is -0.455 e. The molecule has 8 heteroatoms. The quantitative estimate of drug-likeness (QED) is 0.164. The molecule has 2 N–H and O–H groups in total. The molecule has 8 nitrogen and oxygen atoms in total. The zero-order chi connectivity index (χ0) is 25.6. The van der Waals surface area contributed by atoms with E-state index in [0.717, 1.165) is 5.57 Å². The molecule has 0 aromatic carbocycles. The molecular formula is C24H40O8. The first-order valence-electron chi connectivity index (χ1n) is 10.2. The van der Waals surface area contributed by atoms with Crippen molar-refractivity contribution in [2.24, 2.45) is 0 Å². The fraction of sp³-hybridized carbons (Fsp3) is 0.583. The van der Waals surface area contributed by atoms with Crippen LogP contribution < -0.4 is 0 Å². The molecule has 0 bridgehead atoms. The molecule has 0 aromatic rings. The fourth-order valence-corrected chi connectivity index (χ4v) is 2.43. The molecule has 0 saturated carbocycles. The van der Waals surface area contributed by atoms with Crippen molar-refractivity contribution in [3.8, 4) is 0 Å². The molecule has 184 valence electrons. The van der Waals surface area contributed by atoms with Gasteiger partial charge in [0.25, 0.3) is 0 Å². The largest absolute Gasteiger partial charge is 0.455 e. The van der Waals surface area contributed by atoms with E-state index in [4.69, 9.17) is 20.0 Å². The molecule has 0 aromatic heterocycles. The SMILES string of the molecule is C=CC(C)(C/C=C/C(C)(C)OO)OC(C)=O.C=CC(C)(CCC(OO)C(=C)C)OC(C)=O. The minimum atomic E-state index is -0.752. The summed E-state index contributed by atoms with van der Waals surface area (Å²) in [5.74, 6) is -0.715. The number of carbonyl (C=O) groups is 2. The highest BCUT2D eigenvalue weighted by Gasteiger charge is 2.26. The van der Waals surface area contributed by atoms with E-state index in [2.05, 4.69) is 29.5 Å². The molecule has 0 aliphatic rings. The zero-order valence-electron chi connectivity index (χ0n) is 20.5. The van der Waals surface area contributed by atoms with Crippen LogP contribution in [0.1, 0.15) is 67.7 Å². The Kier molecular flexibility index (Phi) is 14.7. The van der Waals surface area contributed by atoms with Gasteiger partial charge < -0.3 is 9.47 Å². The Morgan fingerprint density at radius 3 is 1.75 bits per heavy atom. The van der Waals surface area contributed by atoms with Crippen LogP contribution in [0.15, 0.2) is 49.6 Å². The van der Waals surface area contributed by atoms with Crippen molar-refractivity contribution in [2.75, 3.05) is 0 Å². The lowest BCUT2D eigenvalue weighted by Gasteiger charge is -2.26. The lowest BCUT2D eigenvalue weighted by Crippen LogP contribution is -2.30. The number of esters is 2. The number of ether oxygens (including phenoxy) is 2. The summed E-state index contributed by atoms with van der Waals surface area (Å²) < 4.78 is 10.3. The molecule has 0 fully saturated rings. The second-order valence-electron chi connectivity index (χ2n) is 8.50. The summed E-state index contributed by atoms with van der Waals surface area (Å²) in [7, 11) is 0. The Morgan fingerprint density at radius 1 is 0.938 bits per heavy atom. The van der Waals surface area contributed by atoms with E-state index in [-0.39, 0.29) is 11.9 Å². The van der Waals surface area contributed by atoms with Crippen LogP contribution in [0, 0.1) is 0 Å². The fourth-order valence-electron chi connectivity index (χ4n) is 2.43. The van der Waals surface area contributed by atoms with Gasteiger partial charge >= 0.3 is 11.9 Å². The number of hydrogen-bond acceptors (Lipinski definition) is 8. The van der Waals surface area contributed by atoms with Crippen LogP contribution in [0.25, 0.3) is 0 Å². The van der Waals surface area contributed by atoms with Crippen LogP contribution in [0.3, 0.4) is 0 Å². The number of rotatable bonds is 13. The van der Waals surface area contributed by atoms with E-state index in [0.29, 0.717) is 19.3 Å². The van der Waals surface area contributed by atoms with Gasteiger partial charge in [0.1, 0.15) is 22.9 Å². The summed E-state index contributed by atoms with van der Waals surface area (Å²) in [4.78, 5) is 30.3. The molecule has 3 unspecified atom stereocenters. The van der Waals surface area contributed by atoms with E-state index < -0.39 is 22.9 Å². The third-order valence-corrected chi connectivity index (χ3v) is 4.47. The second-order valence-corrected chi connectivity index (χ2v) is 8.50. The average Bonchev–Trinajstić information content (AvgIpc) is 2.67. The smallest absolute Gasteiger partial charge is 0.303 e. The third-order valence-electron chi connectivity index (χ3n) is 4.47. The van der Waals surface area contributed by atoms with Crippen LogP contribution in [-0.2, 0) is 28.8 Å². The molecule has 0 amide bonds.